The van der Waals surface area contributed by atoms with Crippen LogP contribution < -0.4 is 5.73 Å². The van der Waals surface area contributed by atoms with Gasteiger partial charge in [0.1, 0.15) is 6.10 Å². The van der Waals surface area contributed by atoms with E-state index in [0.29, 0.717) is 0 Å². The maximum atomic E-state index is 5.17. The Balaban J connectivity index is 2.27. The molecule has 0 bridgehead atoms. The van der Waals surface area contributed by atoms with E-state index in [4.69, 9.17) is 10.5 Å². The number of fused-ring (bicyclic) bond motifs is 1. The number of rotatable bonds is 0. The van der Waals surface area contributed by atoms with E-state index in [9.17, 15) is 0 Å². The fraction of sp³-hybridized carbons (Fsp3) is 0.500. The first-order valence-corrected chi connectivity index (χ1v) is 2.43. The van der Waals surface area contributed by atoms with Gasteiger partial charge in [-0.15, -0.1) is 0 Å². The molecule has 0 aromatic rings. The first kappa shape index (κ1) is 3.88. The molecule has 4 heteroatoms. The lowest BCUT2D eigenvalue weighted by atomic mass is 10.8. The minimum absolute atomic E-state index is 0.174. The zero-order chi connectivity index (χ0) is 5.56. The molecule has 0 aromatic carbocycles. The summed E-state index contributed by atoms with van der Waals surface area (Å²) < 4.78 is 4.96. The Bertz CT molecular complexity index is 178. The van der Waals surface area contributed by atoms with E-state index in [1.807, 2.05) is 0 Å². The SMILES string of the molecule is NC1=NN=C2CC2O1. The summed E-state index contributed by atoms with van der Waals surface area (Å²) in [6.45, 7) is 0. The van der Waals surface area contributed by atoms with Gasteiger partial charge in [-0.2, -0.15) is 5.10 Å². The summed E-state index contributed by atoms with van der Waals surface area (Å²) >= 11 is 0. The van der Waals surface area contributed by atoms with Crippen molar-refractivity contribution in [3.63, 3.8) is 0 Å². The Labute approximate surface area is 46.0 Å². The Kier molecular flexibility index (Phi) is 0.494. The van der Waals surface area contributed by atoms with Gasteiger partial charge in [0.05, 0.1) is 5.71 Å². The summed E-state index contributed by atoms with van der Waals surface area (Å²) in [6.07, 6.45) is 1.08. The van der Waals surface area contributed by atoms with Crippen molar-refractivity contribution in [1.82, 2.24) is 0 Å². The third-order valence-electron chi connectivity index (χ3n) is 1.15. The van der Waals surface area contributed by atoms with Gasteiger partial charge in [0, 0.05) is 6.42 Å². The lowest BCUT2D eigenvalue weighted by Crippen LogP contribution is -2.19. The average molecular weight is 111 g/mol. The maximum Gasteiger partial charge on any atom is 0.306 e. The predicted octanol–water partition coefficient (Wildman–Crippen LogP) is -0.540. The fourth-order valence-electron chi connectivity index (χ4n) is 0.629. The molecule has 42 valence electrons. The normalized spacial score (nSPS) is 31.8. The van der Waals surface area contributed by atoms with Gasteiger partial charge in [0.25, 0.3) is 0 Å². The highest BCUT2D eigenvalue weighted by Crippen LogP contribution is 2.23. The van der Waals surface area contributed by atoms with Gasteiger partial charge in [0.2, 0.25) is 0 Å². The Morgan fingerprint density at radius 3 is 3.12 bits per heavy atom. The molecule has 1 aliphatic carbocycles. The fourth-order valence-corrected chi connectivity index (χ4v) is 0.629. The maximum absolute atomic E-state index is 5.17. The number of hydrogen-bond acceptors (Lipinski definition) is 4. The summed E-state index contributed by atoms with van der Waals surface area (Å²) in [6, 6.07) is 0.191. The molecule has 1 fully saturated rings. The molecule has 1 aliphatic heterocycles. The number of ether oxygens (including phenoxy) is 1. The van der Waals surface area contributed by atoms with Crippen LogP contribution in [0.3, 0.4) is 0 Å². The Morgan fingerprint density at radius 2 is 2.50 bits per heavy atom. The molecule has 8 heavy (non-hydrogen) atoms. The van der Waals surface area contributed by atoms with Crippen molar-refractivity contribution >= 4 is 11.7 Å². The van der Waals surface area contributed by atoms with E-state index >= 15 is 0 Å². The molecule has 1 atom stereocenters. The lowest BCUT2D eigenvalue weighted by Gasteiger charge is -2.00. The molecule has 2 aliphatic rings. The van der Waals surface area contributed by atoms with Crippen LogP contribution in [-0.2, 0) is 4.74 Å². The third-order valence-corrected chi connectivity index (χ3v) is 1.15. The van der Waals surface area contributed by atoms with Crippen molar-refractivity contribution in [2.24, 2.45) is 15.9 Å². The largest absolute Gasteiger partial charge is 0.454 e. The first-order valence-electron chi connectivity index (χ1n) is 2.43. The minimum atomic E-state index is 0.174. The van der Waals surface area contributed by atoms with Gasteiger partial charge in [0.15, 0.2) is 0 Å². The van der Waals surface area contributed by atoms with E-state index in [1.165, 1.54) is 0 Å². The average Bonchev–Trinajstić information content (AvgIpc) is 2.43. The van der Waals surface area contributed by atoms with Crippen molar-refractivity contribution in [1.29, 1.82) is 0 Å². The quantitative estimate of drug-likeness (QED) is 0.456. The smallest absolute Gasteiger partial charge is 0.306 e. The molecule has 0 saturated heterocycles. The van der Waals surface area contributed by atoms with E-state index < -0.39 is 0 Å². The molecule has 2 rings (SSSR count). The molecule has 4 nitrogen and oxygen atoms in total. The molecule has 1 saturated carbocycles. The molecule has 1 heterocycles. The second-order valence-electron chi connectivity index (χ2n) is 1.84. The van der Waals surface area contributed by atoms with E-state index in [1.54, 1.807) is 0 Å². The topological polar surface area (TPSA) is 60.0 Å². The van der Waals surface area contributed by atoms with Gasteiger partial charge >= 0.3 is 6.02 Å². The van der Waals surface area contributed by atoms with Gasteiger partial charge in [-0.1, -0.05) is 5.10 Å². The van der Waals surface area contributed by atoms with Crippen LogP contribution in [0, 0.1) is 0 Å². The Morgan fingerprint density at radius 1 is 1.62 bits per heavy atom. The van der Waals surface area contributed by atoms with Crippen molar-refractivity contribution in [3.05, 3.63) is 0 Å². The summed E-state index contributed by atoms with van der Waals surface area (Å²) in [5.74, 6) is 0. The van der Waals surface area contributed by atoms with Crippen LogP contribution >= 0.6 is 0 Å². The molecule has 0 amide bonds. The van der Waals surface area contributed by atoms with Crippen molar-refractivity contribution in [2.75, 3.05) is 0 Å². The lowest BCUT2D eigenvalue weighted by molar-refractivity contribution is 0.298. The number of nitrogens with two attached hydrogens (primary N) is 1. The molecule has 1 unspecified atom stereocenters. The highest BCUT2D eigenvalue weighted by molar-refractivity contribution is 6.06. The van der Waals surface area contributed by atoms with Crippen LogP contribution in [0.5, 0.6) is 0 Å². The van der Waals surface area contributed by atoms with E-state index in [2.05, 4.69) is 10.2 Å². The van der Waals surface area contributed by atoms with Crippen molar-refractivity contribution < 1.29 is 4.74 Å². The zero-order valence-corrected chi connectivity index (χ0v) is 4.16. The van der Waals surface area contributed by atoms with E-state index in [-0.39, 0.29) is 12.1 Å². The third kappa shape index (κ3) is 0.395. The monoisotopic (exact) mass is 111 g/mol. The summed E-state index contributed by atoms with van der Waals surface area (Å²) in [5.41, 5.74) is 6.19. The van der Waals surface area contributed by atoms with E-state index in [0.717, 1.165) is 12.1 Å². The molecule has 0 spiro atoms. The van der Waals surface area contributed by atoms with Crippen LogP contribution in [-0.4, -0.2) is 17.8 Å². The van der Waals surface area contributed by atoms with Crippen LogP contribution in [0.15, 0.2) is 10.2 Å². The van der Waals surface area contributed by atoms with Crippen LogP contribution in [0.1, 0.15) is 6.42 Å². The number of amidine groups is 1. The highest BCUT2D eigenvalue weighted by atomic mass is 16.5. The number of nitrogens with zero attached hydrogens (tertiary/aromatic N) is 2. The van der Waals surface area contributed by atoms with Crippen LogP contribution in [0.2, 0.25) is 0 Å². The first-order chi connectivity index (χ1) is 3.86. The molecular weight excluding hydrogens is 106 g/mol. The standard InChI is InChI=1S/C4H5N3O/c5-4-7-6-2-1-3(2)8-4/h3H,1H2,(H2,5,7). The van der Waals surface area contributed by atoms with Crippen molar-refractivity contribution in [3.8, 4) is 0 Å². The zero-order valence-electron chi connectivity index (χ0n) is 4.16. The molecule has 2 N–H and O–H groups in total. The second-order valence-corrected chi connectivity index (χ2v) is 1.84. The summed E-state index contributed by atoms with van der Waals surface area (Å²) in [5, 5.41) is 7.25. The molecule has 0 radical (unpaired) electrons. The second kappa shape index (κ2) is 1.02. The predicted molar refractivity (Wildman–Crippen MR) is 28.5 cm³/mol. The van der Waals surface area contributed by atoms with Gasteiger partial charge in [-0.25, -0.2) is 0 Å². The highest BCUT2D eigenvalue weighted by Gasteiger charge is 2.37. The molecular formula is C4H5N3O. The summed E-state index contributed by atoms with van der Waals surface area (Å²) in [4.78, 5) is 0. The number of hydrogen-bond donors (Lipinski definition) is 1. The summed E-state index contributed by atoms with van der Waals surface area (Å²) in [7, 11) is 0. The Hall–Kier alpha value is -1.06. The minimum Gasteiger partial charge on any atom is -0.454 e. The van der Waals surface area contributed by atoms with Gasteiger partial charge in [-0.3, -0.25) is 0 Å². The van der Waals surface area contributed by atoms with Crippen LogP contribution in [0.25, 0.3) is 0 Å². The van der Waals surface area contributed by atoms with Gasteiger partial charge in [-0.05, 0) is 0 Å². The molecule has 0 aromatic heterocycles. The van der Waals surface area contributed by atoms with Crippen LogP contribution in [0.4, 0.5) is 0 Å². The van der Waals surface area contributed by atoms with Crippen molar-refractivity contribution in [2.45, 2.75) is 12.5 Å². The van der Waals surface area contributed by atoms with Gasteiger partial charge < -0.3 is 10.5 Å².